The lowest BCUT2D eigenvalue weighted by molar-refractivity contribution is -0.128. The molecule has 0 bridgehead atoms. The van der Waals surface area contributed by atoms with Gasteiger partial charge in [-0.3, -0.25) is 14.5 Å². The minimum absolute atomic E-state index is 0.0992. The zero-order chi connectivity index (χ0) is 29.8. The zero-order valence-electron chi connectivity index (χ0n) is 24.3. The SMILES string of the molecule is C=CC(=O)N1CCN2C(=O)c3c(N4CC(N5CCC(OC)C5)CC4(C)C)nc(-c4ccccc4F)c(Cl)c3OC[C@H]2C1. The summed E-state index contributed by atoms with van der Waals surface area (Å²) in [5.74, 6) is -0.246. The van der Waals surface area contributed by atoms with Crippen LogP contribution in [0.25, 0.3) is 11.3 Å². The van der Waals surface area contributed by atoms with Crippen LogP contribution in [0.4, 0.5) is 10.2 Å². The van der Waals surface area contributed by atoms with Gasteiger partial charge in [-0.1, -0.05) is 30.3 Å². The molecule has 0 N–H and O–H groups in total. The molecule has 11 heteroatoms. The van der Waals surface area contributed by atoms with Crippen molar-refractivity contribution in [2.45, 2.75) is 50.4 Å². The van der Waals surface area contributed by atoms with Crippen molar-refractivity contribution in [1.82, 2.24) is 19.7 Å². The largest absolute Gasteiger partial charge is 0.489 e. The van der Waals surface area contributed by atoms with E-state index in [1.807, 2.05) is 0 Å². The summed E-state index contributed by atoms with van der Waals surface area (Å²) in [5.41, 5.74) is 0.400. The Kier molecular flexibility index (Phi) is 7.66. The first-order chi connectivity index (χ1) is 20.1. The second-order valence-electron chi connectivity index (χ2n) is 12.2. The summed E-state index contributed by atoms with van der Waals surface area (Å²) >= 11 is 6.94. The number of anilines is 1. The van der Waals surface area contributed by atoms with E-state index in [1.54, 1.807) is 35.1 Å². The Morgan fingerprint density at radius 2 is 1.98 bits per heavy atom. The molecule has 5 heterocycles. The summed E-state index contributed by atoms with van der Waals surface area (Å²) in [6, 6.07) is 6.20. The molecule has 4 aliphatic heterocycles. The van der Waals surface area contributed by atoms with Crippen LogP contribution in [0.3, 0.4) is 0 Å². The van der Waals surface area contributed by atoms with Gasteiger partial charge in [0, 0.05) is 63.5 Å². The van der Waals surface area contributed by atoms with E-state index >= 15 is 4.39 Å². The number of methoxy groups -OCH3 is 1. The summed E-state index contributed by atoms with van der Waals surface area (Å²) in [5, 5.41) is 0.0992. The van der Waals surface area contributed by atoms with Crippen LogP contribution < -0.4 is 9.64 Å². The molecule has 6 rings (SSSR count). The number of ether oxygens (including phenoxy) is 2. The quantitative estimate of drug-likeness (QED) is 0.485. The van der Waals surface area contributed by atoms with E-state index in [9.17, 15) is 9.59 Å². The van der Waals surface area contributed by atoms with Gasteiger partial charge in [0.05, 0.1) is 17.8 Å². The Hall–Kier alpha value is -3.21. The van der Waals surface area contributed by atoms with Crippen LogP contribution >= 0.6 is 11.6 Å². The molecule has 1 aromatic carbocycles. The van der Waals surface area contributed by atoms with Crippen molar-refractivity contribution in [3.05, 3.63) is 53.3 Å². The maximum Gasteiger partial charge on any atom is 0.261 e. The lowest BCUT2D eigenvalue weighted by Gasteiger charge is -2.40. The summed E-state index contributed by atoms with van der Waals surface area (Å²) < 4.78 is 27.1. The lowest BCUT2D eigenvalue weighted by atomic mass is 9.98. The highest BCUT2D eigenvalue weighted by molar-refractivity contribution is 6.35. The van der Waals surface area contributed by atoms with Gasteiger partial charge in [0.1, 0.15) is 28.8 Å². The van der Waals surface area contributed by atoms with E-state index in [-0.39, 0.29) is 69.7 Å². The molecule has 3 atom stereocenters. The number of aromatic nitrogens is 1. The van der Waals surface area contributed by atoms with Crippen LogP contribution in [0.5, 0.6) is 5.75 Å². The van der Waals surface area contributed by atoms with E-state index < -0.39 is 5.82 Å². The van der Waals surface area contributed by atoms with Gasteiger partial charge in [-0.25, -0.2) is 9.37 Å². The maximum absolute atomic E-state index is 15.1. The predicted octanol–water partition coefficient (Wildman–Crippen LogP) is 3.85. The van der Waals surface area contributed by atoms with E-state index in [2.05, 4.69) is 30.2 Å². The number of carbonyl (C=O) groups excluding carboxylic acids is 2. The fraction of sp³-hybridized carbons (Fsp3) is 0.516. The Balaban J connectivity index is 1.45. The third-order valence-corrected chi connectivity index (χ3v) is 9.56. The molecule has 224 valence electrons. The molecular weight excluding hydrogens is 561 g/mol. The highest BCUT2D eigenvalue weighted by Crippen LogP contribution is 2.47. The van der Waals surface area contributed by atoms with Crippen LogP contribution in [-0.2, 0) is 9.53 Å². The van der Waals surface area contributed by atoms with Crippen LogP contribution in [-0.4, -0.2) is 108 Å². The third kappa shape index (κ3) is 4.93. The minimum Gasteiger partial charge on any atom is -0.489 e. The molecule has 1 aromatic heterocycles. The smallest absolute Gasteiger partial charge is 0.261 e. The standard InChI is InChI=1S/C31H37ClFN5O4/c1-5-24(39)36-12-13-37-20(15-36)18-42-28-25(30(37)40)29(34-27(26(28)32)22-8-6-7-9-23(22)33)38-16-19(14-31(38,2)3)35-11-10-21(17-35)41-4/h5-9,19-21H,1,10-18H2,2-4H3/t19?,20-,21?/m1/s1. The van der Waals surface area contributed by atoms with Crippen molar-refractivity contribution in [2.24, 2.45) is 0 Å². The molecule has 0 saturated carbocycles. The van der Waals surface area contributed by atoms with Gasteiger partial charge < -0.3 is 24.2 Å². The molecule has 4 aliphatic rings. The fourth-order valence-electron chi connectivity index (χ4n) is 6.91. The first kappa shape index (κ1) is 28.9. The number of hydrogen-bond acceptors (Lipinski definition) is 7. The van der Waals surface area contributed by atoms with Crippen molar-refractivity contribution in [2.75, 3.05) is 57.9 Å². The van der Waals surface area contributed by atoms with E-state index in [0.29, 0.717) is 32.0 Å². The number of carbonyl (C=O) groups is 2. The Bertz CT molecular complexity index is 1420. The molecular formula is C31H37ClFN5O4. The average molecular weight is 598 g/mol. The number of piperazine rings is 1. The Morgan fingerprint density at radius 1 is 1.19 bits per heavy atom. The summed E-state index contributed by atoms with van der Waals surface area (Å²) in [4.78, 5) is 39.8. The number of halogens is 2. The van der Waals surface area contributed by atoms with E-state index in [1.165, 1.54) is 12.1 Å². The Morgan fingerprint density at radius 3 is 2.69 bits per heavy atom. The monoisotopic (exact) mass is 597 g/mol. The van der Waals surface area contributed by atoms with Crippen LogP contribution in [0.2, 0.25) is 5.02 Å². The van der Waals surface area contributed by atoms with Crippen molar-refractivity contribution in [3.8, 4) is 17.0 Å². The second kappa shape index (κ2) is 11.1. The van der Waals surface area contributed by atoms with Crippen molar-refractivity contribution in [1.29, 1.82) is 0 Å². The number of pyridine rings is 1. The van der Waals surface area contributed by atoms with Gasteiger partial charge in [0.2, 0.25) is 5.91 Å². The number of amides is 2. The first-order valence-electron chi connectivity index (χ1n) is 14.5. The summed E-state index contributed by atoms with van der Waals surface area (Å²) in [7, 11) is 1.75. The zero-order valence-corrected chi connectivity index (χ0v) is 25.1. The summed E-state index contributed by atoms with van der Waals surface area (Å²) in [6.45, 7) is 11.5. The molecule has 42 heavy (non-hydrogen) atoms. The molecule has 2 unspecified atom stereocenters. The predicted molar refractivity (Wildman–Crippen MR) is 159 cm³/mol. The molecule has 2 amide bonds. The molecule has 2 aromatic rings. The van der Waals surface area contributed by atoms with Crippen molar-refractivity contribution >= 4 is 29.2 Å². The highest BCUT2D eigenvalue weighted by atomic mass is 35.5. The van der Waals surface area contributed by atoms with Gasteiger partial charge in [0.15, 0.2) is 5.75 Å². The molecule has 3 fully saturated rings. The van der Waals surface area contributed by atoms with Gasteiger partial charge >= 0.3 is 0 Å². The first-order valence-corrected chi connectivity index (χ1v) is 14.9. The van der Waals surface area contributed by atoms with Crippen molar-refractivity contribution < 1.29 is 23.5 Å². The summed E-state index contributed by atoms with van der Waals surface area (Å²) in [6.07, 6.45) is 3.33. The number of rotatable bonds is 5. The number of fused-ring (bicyclic) bond motifs is 2. The van der Waals surface area contributed by atoms with E-state index in [0.717, 1.165) is 25.9 Å². The molecule has 9 nitrogen and oxygen atoms in total. The lowest BCUT2D eigenvalue weighted by Crippen LogP contribution is -2.57. The number of hydrogen-bond donors (Lipinski definition) is 0. The maximum atomic E-state index is 15.1. The molecule has 0 spiro atoms. The normalized spacial score (nSPS) is 25.6. The van der Waals surface area contributed by atoms with Crippen LogP contribution in [0.15, 0.2) is 36.9 Å². The van der Waals surface area contributed by atoms with Gasteiger partial charge in [-0.05, 0) is 44.9 Å². The number of likely N-dealkylation sites (tertiary alicyclic amines) is 1. The van der Waals surface area contributed by atoms with Crippen LogP contribution in [0.1, 0.15) is 37.0 Å². The number of benzene rings is 1. The van der Waals surface area contributed by atoms with Gasteiger partial charge in [-0.2, -0.15) is 0 Å². The van der Waals surface area contributed by atoms with Gasteiger partial charge in [-0.15, -0.1) is 0 Å². The van der Waals surface area contributed by atoms with Crippen molar-refractivity contribution in [3.63, 3.8) is 0 Å². The molecule has 3 saturated heterocycles. The minimum atomic E-state index is -0.463. The molecule has 0 aliphatic carbocycles. The van der Waals surface area contributed by atoms with Crippen LogP contribution in [0, 0.1) is 5.82 Å². The number of nitrogens with zero attached hydrogens (tertiary/aromatic N) is 5. The topological polar surface area (TPSA) is 78.5 Å². The second-order valence-corrected chi connectivity index (χ2v) is 12.5. The Labute approximate surface area is 250 Å². The average Bonchev–Trinajstić information content (AvgIpc) is 3.55. The third-order valence-electron chi connectivity index (χ3n) is 9.21. The van der Waals surface area contributed by atoms with Gasteiger partial charge in [0.25, 0.3) is 5.91 Å². The fourth-order valence-corrected chi connectivity index (χ4v) is 7.20. The van der Waals surface area contributed by atoms with E-state index in [4.69, 9.17) is 26.1 Å². The molecule has 0 radical (unpaired) electrons. The highest BCUT2D eigenvalue weighted by Gasteiger charge is 2.47.